The molecule has 2 rings (SSSR count). The van der Waals surface area contributed by atoms with E-state index in [9.17, 15) is 0 Å². The summed E-state index contributed by atoms with van der Waals surface area (Å²) < 4.78 is 1.01. The Morgan fingerprint density at radius 1 is 1.38 bits per heavy atom. The molecule has 0 saturated carbocycles. The number of hydrogen-bond donors (Lipinski definition) is 2. The second-order valence-electron chi connectivity index (χ2n) is 3.61. The molecule has 0 amide bonds. The lowest BCUT2D eigenvalue weighted by molar-refractivity contribution is 0.298. The van der Waals surface area contributed by atoms with Crippen LogP contribution in [0.5, 0.6) is 0 Å². The number of benzene rings is 1. The van der Waals surface area contributed by atoms with Crippen molar-refractivity contribution in [1.29, 1.82) is 0 Å². The first-order valence-electron chi connectivity index (χ1n) is 5.13. The summed E-state index contributed by atoms with van der Waals surface area (Å²) in [6.45, 7) is 2.10. The average molecular weight is 281 g/mol. The molecule has 0 spiro atoms. The van der Waals surface area contributed by atoms with Crippen molar-refractivity contribution >= 4 is 15.9 Å². The smallest absolute Gasteiger partial charge is 0.138 e. The Labute approximate surface area is 103 Å². The van der Waals surface area contributed by atoms with Gasteiger partial charge in [0, 0.05) is 28.8 Å². The summed E-state index contributed by atoms with van der Waals surface area (Å²) in [6.07, 6.45) is 0.590. The maximum atomic E-state index is 8.92. The molecule has 16 heavy (non-hydrogen) atoms. The van der Waals surface area contributed by atoms with Crippen molar-refractivity contribution in [3.8, 4) is 11.4 Å². The Hall–Kier alpha value is -1.13. The van der Waals surface area contributed by atoms with Crippen LogP contribution in [0.15, 0.2) is 28.7 Å². The fraction of sp³-hybridized carbons (Fsp3) is 0.250. The van der Waals surface area contributed by atoms with Crippen LogP contribution in [-0.2, 0) is 6.42 Å². The zero-order valence-corrected chi connectivity index (χ0v) is 10.6. The number of halogens is 1. The van der Waals surface area contributed by atoms with Gasteiger partial charge in [-0.15, -0.1) is 0 Å². The molecule has 4 heteroatoms. The van der Waals surface area contributed by atoms with Crippen LogP contribution in [0.25, 0.3) is 11.4 Å². The molecule has 2 N–H and O–H groups in total. The SMILES string of the molecule is Cc1[nH]c(-c2ccccc2Br)nc1CCO. The number of aryl methyl sites for hydroxylation is 1. The number of aliphatic hydroxyl groups is 1. The highest BCUT2D eigenvalue weighted by molar-refractivity contribution is 9.10. The van der Waals surface area contributed by atoms with Gasteiger partial charge >= 0.3 is 0 Å². The molecular formula is C12H13BrN2O. The number of nitrogens with zero attached hydrogens (tertiary/aromatic N) is 1. The van der Waals surface area contributed by atoms with Crippen LogP contribution in [0, 0.1) is 6.92 Å². The molecule has 3 nitrogen and oxygen atoms in total. The van der Waals surface area contributed by atoms with E-state index in [0.717, 1.165) is 27.2 Å². The van der Waals surface area contributed by atoms with Gasteiger partial charge in [0.15, 0.2) is 0 Å². The molecule has 0 aliphatic rings. The van der Waals surface area contributed by atoms with E-state index in [0.29, 0.717) is 6.42 Å². The Morgan fingerprint density at radius 2 is 2.12 bits per heavy atom. The number of nitrogens with one attached hydrogen (secondary N) is 1. The number of rotatable bonds is 3. The van der Waals surface area contributed by atoms with Crippen molar-refractivity contribution in [2.75, 3.05) is 6.61 Å². The zero-order chi connectivity index (χ0) is 11.5. The highest BCUT2D eigenvalue weighted by atomic mass is 79.9. The number of hydrogen-bond acceptors (Lipinski definition) is 2. The minimum Gasteiger partial charge on any atom is -0.396 e. The summed E-state index contributed by atoms with van der Waals surface area (Å²) in [5.74, 6) is 0.841. The predicted octanol–water partition coefficient (Wildman–Crippen LogP) is 2.68. The van der Waals surface area contributed by atoms with E-state index in [1.165, 1.54) is 0 Å². The minimum absolute atomic E-state index is 0.126. The predicted molar refractivity (Wildman–Crippen MR) is 67.3 cm³/mol. The lowest BCUT2D eigenvalue weighted by Gasteiger charge is -1.99. The molecule has 0 bridgehead atoms. The van der Waals surface area contributed by atoms with Crippen molar-refractivity contribution in [3.05, 3.63) is 40.1 Å². The van der Waals surface area contributed by atoms with Crippen LogP contribution in [0.4, 0.5) is 0 Å². The fourth-order valence-corrected chi connectivity index (χ4v) is 2.10. The lowest BCUT2D eigenvalue weighted by atomic mass is 10.2. The van der Waals surface area contributed by atoms with Crippen LogP contribution in [0.1, 0.15) is 11.4 Å². The van der Waals surface area contributed by atoms with Crippen molar-refractivity contribution < 1.29 is 5.11 Å². The topological polar surface area (TPSA) is 48.9 Å². The van der Waals surface area contributed by atoms with Crippen LogP contribution in [0.3, 0.4) is 0 Å². The highest BCUT2D eigenvalue weighted by Gasteiger charge is 2.09. The van der Waals surface area contributed by atoms with E-state index in [4.69, 9.17) is 5.11 Å². The fourth-order valence-electron chi connectivity index (χ4n) is 1.63. The van der Waals surface area contributed by atoms with Crippen molar-refractivity contribution in [3.63, 3.8) is 0 Å². The summed E-state index contributed by atoms with van der Waals surface area (Å²) in [4.78, 5) is 7.72. The van der Waals surface area contributed by atoms with E-state index in [1.807, 2.05) is 31.2 Å². The third-order valence-corrected chi connectivity index (χ3v) is 3.15. The van der Waals surface area contributed by atoms with Crippen LogP contribution < -0.4 is 0 Å². The summed E-state index contributed by atoms with van der Waals surface area (Å²) in [7, 11) is 0. The highest BCUT2D eigenvalue weighted by Crippen LogP contribution is 2.26. The van der Waals surface area contributed by atoms with Crippen LogP contribution >= 0.6 is 15.9 Å². The molecule has 0 aliphatic heterocycles. The number of aromatic nitrogens is 2. The van der Waals surface area contributed by atoms with Gasteiger partial charge in [-0.3, -0.25) is 0 Å². The molecule has 1 aromatic carbocycles. The van der Waals surface area contributed by atoms with Gasteiger partial charge in [-0.25, -0.2) is 4.98 Å². The van der Waals surface area contributed by atoms with E-state index in [2.05, 4.69) is 25.9 Å². The quantitative estimate of drug-likeness (QED) is 0.908. The molecule has 0 fully saturated rings. The van der Waals surface area contributed by atoms with Gasteiger partial charge in [0.2, 0.25) is 0 Å². The summed E-state index contributed by atoms with van der Waals surface area (Å²) in [6, 6.07) is 7.94. The Morgan fingerprint density at radius 3 is 2.81 bits per heavy atom. The molecule has 84 valence electrons. The average Bonchev–Trinajstić information content (AvgIpc) is 2.61. The third-order valence-electron chi connectivity index (χ3n) is 2.46. The first kappa shape index (κ1) is 11.4. The molecule has 0 aliphatic carbocycles. The normalized spacial score (nSPS) is 10.7. The van der Waals surface area contributed by atoms with Crippen molar-refractivity contribution in [1.82, 2.24) is 9.97 Å². The van der Waals surface area contributed by atoms with Crippen molar-refractivity contribution in [2.45, 2.75) is 13.3 Å². The van der Waals surface area contributed by atoms with E-state index < -0.39 is 0 Å². The molecule has 0 unspecified atom stereocenters. The van der Waals surface area contributed by atoms with E-state index in [-0.39, 0.29) is 6.61 Å². The van der Waals surface area contributed by atoms with E-state index >= 15 is 0 Å². The largest absolute Gasteiger partial charge is 0.396 e. The molecule has 2 aromatic rings. The summed E-state index contributed by atoms with van der Waals surface area (Å²) in [5, 5.41) is 8.92. The first-order chi connectivity index (χ1) is 7.72. The van der Waals surface area contributed by atoms with Gasteiger partial charge in [0.1, 0.15) is 5.82 Å². The van der Waals surface area contributed by atoms with Crippen molar-refractivity contribution in [2.24, 2.45) is 0 Å². The minimum atomic E-state index is 0.126. The van der Waals surface area contributed by atoms with Gasteiger partial charge in [0.25, 0.3) is 0 Å². The molecule has 0 saturated heterocycles. The maximum absolute atomic E-state index is 8.92. The first-order valence-corrected chi connectivity index (χ1v) is 5.93. The molecule has 1 heterocycles. The zero-order valence-electron chi connectivity index (χ0n) is 9.00. The molecular weight excluding hydrogens is 268 g/mol. The Bertz CT molecular complexity index is 494. The van der Waals surface area contributed by atoms with Gasteiger partial charge in [-0.1, -0.05) is 34.1 Å². The molecule has 0 atom stereocenters. The second kappa shape index (κ2) is 4.80. The summed E-state index contributed by atoms with van der Waals surface area (Å²) in [5.41, 5.74) is 2.97. The van der Waals surface area contributed by atoms with Gasteiger partial charge in [-0.2, -0.15) is 0 Å². The number of aliphatic hydroxyl groups excluding tert-OH is 1. The Balaban J connectivity index is 2.42. The van der Waals surface area contributed by atoms with Crippen LogP contribution in [0.2, 0.25) is 0 Å². The summed E-state index contributed by atoms with van der Waals surface area (Å²) >= 11 is 3.50. The van der Waals surface area contributed by atoms with Gasteiger partial charge < -0.3 is 10.1 Å². The number of aromatic amines is 1. The van der Waals surface area contributed by atoms with Gasteiger partial charge in [0.05, 0.1) is 5.69 Å². The second-order valence-corrected chi connectivity index (χ2v) is 4.46. The lowest BCUT2D eigenvalue weighted by Crippen LogP contribution is -1.92. The third kappa shape index (κ3) is 2.18. The molecule has 1 aromatic heterocycles. The maximum Gasteiger partial charge on any atom is 0.138 e. The monoisotopic (exact) mass is 280 g/mol. The number of H-pyrrole nitrogens is 1. The van der Waals surface area contributed by atoms with Gasteiger partial charge in [-0.05, 0) is 13.0 Å². The molecule has 0 radical (unpaired) electrons. The van der Waals surface area contributed by atoms with E-state index in [1.54, 1.807) is 0 Å². The Kier molecular flexibility index (Phi) is 3.41. The van der Waals surface area contributed by atoms with Crippen LogP contribution in [-0.4, -0.2) is 21.7 Å². The number of imidazole rings is 1. The standard InChI is InChI=1S/C12H13BrN2O/c1-8-11(6-7-16)15-12(14-8)9-4-2-3-5-10(9)13/h2-5,16H,6-7H2,1H3,(H,14,15).